The Morgan fingerprint density at radius 2 is 0.750 bits per heavy atom. The molecule has 0 aromatic rings. The second kappa shape index (κ2) is 19.7. The second-order valence-corrected chi connectivity index (χ2v) is 0. The molecule has 0 fully saturated rings. The Balaban J connectivity index is 0. The van der Waals surface area contributed by atoms with E-state index in [-0.39, 0.29) is 70.5 Å². The van der Waals surface area contributed by atoms with E-state index in [0.717, 1.165) is 0 Å². The number of hydrogen-bond donors (Lipinski definition) is 0. The first-order valence-electron chi connectivity index (χ1n) is 0. The molecule has 0 amide bonds. The van der Waals surface area contributed by atoms with Crippen molar-refractivity contribution in [1.29, 1.82) is 0 Å². The molecule has 0 nitrogen and oxygen atoms in total. The van der Waals surface area contributed by atoms with Crippen LogP contribution in [-0.2, 0) is 34.1 Å². The van der Waals surface area contributed by atoms with E-state index in [1.165, 1.54) is 0 Å². The first kappa shape index (κ1) is 36.6. The molecule has 0 rings (SSSR count). The van der Waals surface area contributed by atoms with E-state index in [4.69, 9.17) is 0 Å². The molecule has 0 aliphatic rings. The van der Waals surface area contributed by atoms with Crippen LogP contribution >= 0.6 is 0 Å². The fourth-order valence-electron chi connectivity index (χ4n) is 0. The molecule has 0 aliphatic heterocycles. The zero-order valence-corrected chi connectivity index (χ0v) is 6.16. The van der Waals surface area contributed by atoms with Gasteiger partial charge in [-0.1, -0.05) is 0 Å². The van der Waals surface area contributed by atoms with Crippen molar-refractivity contribution in [1.82, 2.24) is 0 Å². The first-order valence-corrected chi connectivity index (χ1v) is 0. The summed E-state index contributed by atoms with van der Waals surface area (Å²) in [5.41, 5.74) is 0. The van der Waals surface area contributed by atoms with Crippen LogP contribution in [0.25, 0.3) is 0 Å². The molecule has 0 aromatic carbocycles. The number of rotatable bonds is 0. The molecule has 0 aliphatic carbocycles. The average molecular weight is 289 g/mol. The van der Waals surface area contributed by atoms with E-state index < -0.39 is 0 Å². The first-order chi connectivity index (χ1) is 0. The Kier molecular flexibility index (Phi) is 180. The molecule has 0 aromatic heterocycles. The molecule has 4 heavy (non-hydrogen) atoms. The maximum Gasteiger partial charge on any atom is 1.00 e. The van der Waals surface area contributed by atoms with Gasteiger partial charge >= 0.3 is 34.1 Å². The van der Waals surface area contributed by atoms with E-state index >= 15 is 0 Å². The third-order valence-electron chi connectivity index (χ3n) is 0. The Labute approximate surface area is 69.9 Å². The van der Waals surface area contributed by atoms with Crippen LogP contribution in [0.5, 0.6) is 0 Å². The Morgan fingerprint density at radius 3 is 0.750 bits per heavy atom. The summed E-state index contributed by atoms with van der Waals surface area (Å²) in [5, 5.41) is 0. The summed E-state index contributed by atoms with van der Waals surface area (Å²) in [7, 11) is 0. The van der Waals surface area contributed by atoms with Gasteiger partial charge in [-0.15, -0.1) is 0 Å². The molecule has 36 valence electrons. The van der Waals surface area contributed by atoms with Crippen molar-refractivity contribution in [3.63, 3.8) is 0 Å². The molecule has 0 atom stereocenters. The molecule has 0 spiro atoms. The van der Waals surface area contributed by atoms with Crippen LogP contribution in [0.2, 0.25) is 0 Å². The van der Waals surface area contributed by atoms with Crippen LogP contribution in [0, 0.1) is 0 Å². The minimum absolute atomic E-state index is 0. The van der Waals surface area contributed by atoms with Crippen molar-refractivity contribution < 1.29 is 70.5 Å². The predicted molar refractivity (Wildman–Crippen MR) is 0 cm³/mol. The third-order valence-corrected chi connectivity index (χ3v) is 0. The fraction of sp³-hybridized carbons (Fsp3) is 0. The molecule has 0 radical (unpaired) electrons. The van der Waals surface area contributed by atoms with Gasteiger partial charge in [0.2, 0.25) is 0 Å². The van der Waals surface area contributed by atoms with Crippen LogP contribution < -0.4 is 36.4 Å². The summed E-state index contributed by atoms with van der Waals surface area (Å²) < 4.78 is 0. The van der Waals surface area contributed by atoms with E-state index in [1.807, 2.05) is 0 Å². The minimum atomic E-state index is 0. The van der Waals surface area contributed by atoms with Crippen molar-refractivity contribution in [3.8, 4) is 0 Å². The summed E-state index contributed by atoms with van der Waals surface area (Å²) in [5.74, 6) is 0. The summed E-state index contributed by atoms with van der Waals surface area (Å²) in [6.45, 7) is 0. The Hall–Kier alpha value is 2.06. The second-order valence-electron chi connectivity index (χ2n) is 0. The number of halogens is 2. The van der Waals surface area contributed by atoms with Crippen molar-refractivity contribution in [2.24, 2.45) is 0 Å². The monoisotopic (exact) mass is 288 g/mol. The van der Waals surface area contributed by atoms with Crippen LogP contribution in [0.4, 0.5) is 0 Å². The summed E-state index contributed by atoms with van der Waals surface area (Å²) in [6, 6.07) is 0. The van der Waals surface area contributed by atoms with Crippen LogP contribution in [0.1, 0.15) is 0 Å². The van der Waals surface area contributed by atoms with Crippen molar-refractivity contribution in [3.05, 3.63) is 0 Å². The van der Waals surface area contributed by atoms with Crippen molar-refractivity contribution in [2.45, 2.75) is 0 Å². The van der Waals surface area contributed by atoms with Crippen LogP contribution in [0.3, 0.4) is 0 Å². The van der Waals surface area contributed by atoms with Gasteiger partial charge in [0.05, 0.1) is 0 Å². The smallest absolute Gasteiger partial charge is 1.00 e. The molecule has 0 unspecified atom stereocenters. The standard InChI is InChI=1S/ClH.2Cu.HI/h1H;;;1H/q;2*+1;/p-2. The minimum Gasteiger partial charge on any atom is -1.00 e. The zero-order valence-electron chi connectivity index (χ0n) is 1.36. The quantitative estimate of drug-likeness (QED) is 0.308. The molecule has 0 saturated carbocycles. The van der Waals surface area contributed by atoms with E-state index in [2.05, 4.69) is 0 Å². The molecular weight excluding hydrogens is 289 g/mol. The van der Waals surface area contributed by atoms with Crippen LogP contribution in [0.15, 0.2) is 0 Å². The molecule has 0 heterocycles. The van der Waals surface area contributed by atoms with Gasteiger partial charge in [0.25, 0.3) is 0 Å². The fourth-order valence-corrected chi connectivity index (χ4v) is 0. The molecule has 0 bridgehead atoms. The average Bonchev–Trinajstić information content (AvgIpc) is 0. The van der Waals surface area contributed by atoms with Crippen LogP contribution in [-0.4, -0.2) is 0 Å². The van der Waals surface area contributed by atoms with E-state index in [1.54, 1.807) is 0 Å². The van der Waals surface area contributed by atoms with Gasteiger partial charge in [-0.3, -0.25) is 0 Å². The SMILES string of the molecule is [Cl-].[Cu+].[Cu+].[I-]. The van der Waals surface area contributed by atoms with Gasteiger partial charge in [-0.05, 0) is 0 Å². The van der Waals surface area contributed by atoms with Gasteiger partial charge in [-0.25, -0.2) is 0 Å². The number of hydrogen-bond acceptors (Lipinski definition) is 0. The van der Waals surface area contributed by atoms with Crippen molar-refractivity contribution in [2.75, 3.05) is 0 Å². The van der Waals surface area contributed by atoms with Gasteiger partial charge in [0, 0.05) is 0 Å². The molecule has 0 N–H and O–H groups in total. The largest absolute Gasteiger partial charge is 1.00 e. The summed E-state index contributed by atoms with van der Waals surface area (Å²) in [4.78, 5) is 0. The topological polar surface area (TPSA) is 0 Å². The Morgan fingerprint density at radius 1 is 0.750 bits per heavy atom. The molecular formula is ClCu2I. The summed E-state index contributed by atoms with van der Waals surface area (Å²) in [6.07, 6.45) is 0. The van der Waals surface area contributed by atoms with Gasteiger partial charge in [-0.2, -0.15) is 0 Å². The molecule has 4 heteroatoms. The van der Waals surface area contributed by atoms with E-state index in [0.29, 0.717) is 0 Å². The Bertz CT molecular complexity index is 6.00. The normalized spacial score (nSPS) is 0. The predicted octanol–water partition coefficient (Wildman–Crippen LogP) is -6.00. The maximum atomic E-state index is 0. The van der Waals surface area contributed by atoms with Gasteiger partial charge < -0.3 is 36.4 Å². The maximum absolute atomic E-state index is 0. The van der Waals surface area contributed by atoms with Gasteiger partial charge in [0.1, 0.15) is 0 Å². The zero-order chi connectivity index (χ0) is 0. The van der Waals surface area contributed by atoms with E-state index in [9.17, 15) is 0 Å². The third kappa shape index (κ3) is 8.96. The van der Waals surface area contributed by atoms with Gasteiger partial charge in [0.15, 0.2) is 0 Å². The molecule has 0 saturated heterocycles. The summed E-state index contributed by atoms with van der Waals surface area (Å²) >= 11 is 0. The van der Waals surface area contributed by atoms with Crippen molar-refractivity contribution >= 4 is 0 Å².